The molecule has 1 saturated heterocycles. The Morgan fingerprint density at radius 2 is 2.12 bits per heavy atom. The lowest BCUT2D eigenvalue weighted by atomic mass is 10.1. The summed E-state index contributed by atoms with van der Waals surface area (Å²) in [6, 6.07) is 3.88. The average Bonchev–Trinajstić information content (AvgIpc) is 3.24. The summed E-state index contributed by atoms with van der Waals surface area (Å²) in [4.78, 5) is 26.7. The molecular weight excluding hydrogens is 348 g/mol. The zero-order chi connectivity index (χ0) is 16.9. The molecule has 1 fully saturated rings. The highest BCUT2D eigenvalue weighted by molar-refractivity contribution is 7.17. The van der Waals surface area contributed by atoms with Gasteiger partial charge in [0.05, 0.1) is 20.3 Å². The predicted octanol–water partition coefficient (Wildman–Crippen LogP) is 1.12. The van der Waals surface area contributed by atoms with E-state index in [2.05, 4.69) is 5.32 Å². The van der Waals surface area contributed by atoms with Gasteiger partial charge >= 0.3 is 5.97 Å². The van der Waals surface area contributed by atoms with Gasteiger partial charge in [0.15, 0.2) is 6.54 Å². The molecule has 24 heavy (non-hydrogen) atoms. The van der Waals surface area contributed by atoms with Gasteiger partial charge in [-0.1, -0.05) is 6.07 Å². The highest BCUT2D eigenvalue weighted by atomic mass is 32.1. The van der Waals surface area contributed by atoms with Gasteiger partial charge < -0.3 is 19.7 Å². The molecule has 2 aromatic rings. The number of rotatable bonds is 5. The fourth-order valence-electron chi connectivity index (χ4n) is 2.60. The van der Waals surface area contributed by atoms with Crippen LogP contribution in [0.3, 0.4) is 0 Å². The summed E-state index contributed by atoms with van der Waals surface area (Å²) in [5.41, 5.74) is 1.23. The number of ether oxygens (including phenoxy) is 2. The maximum Gasteiger partial charge on any atom is 0.341 e. The monoisotopic (exact) mass is 367 g/mol. The first-order valence-corrected chi connectivity index (χ1v) is 9.40. The molecule has 0 aromatic carbocycles. The molecule has 0 bridgehead atoms. The lowest BCUT2D eigenvalue weighted by Gasteiger charge is -2.23. The van der Waals surface area contributed by atoms with Gasteiger partial charge in [0.25, 0.3) is 5.91 Å². The van der Waals surface area contributed by atoms with E-state index >= 15 is 0 Å². The molecule has 1 amide bonds. The third-order valence-electron chi connectivity index (χ3n) is 3.83. The Morgan fingerprint density at radius 1 is 1.33 bits per heavy atom. The summed E-state index contributed by atoms with van der Waals surface area (Å²) in [6.45, 7) is 3.37. The molecule has 0 atom stereocenters. The van der Waals surface area contributed by atoms with Crippen molar-refractivity contribution in [3.05, 3.63) is 28.5 Å². The third-order valence-corrected chi connectivity index (χ3v) is 5.63. The second-order valence-electron chi connectivity index (χ2n) is 5.41. The fourth-order valence-corrected chi connectivity index (χ4v) is 4.39. The molecular formula is C16H19N2O4S2+. The number of nitrogens with one attached hydrogen (secondary N) is 2. The van der Waals surface area contributed by atoms with Gasteiger partial charge in [-0.15, -0.1) is 22.7 Å². The molecule has 8 heteroatoms. The Hall–Kier alpha value is -1.74. The first-order valence-electron chi connectivity index (χ1n) is 7.64. The van der Waals surface area contributed by atoms with Gasteiger partial charge in [-0.3, -0.25) is 4.79 Å². The summed E-state index contributed by atoms with van der Waals surface area (Å²) < 4.78 is 10.2. The minimum Gasteiger partial charge on any atom is -0.465 e. The van der Waals surface area contributed by atoms with Crippen LogP contribution in [0.5, 0.6) is 0 Å². The number of anilines is 1. The van der Waals surface area contributed by atoms with Crippen molar-refractivity contribution in [2.24, 2.45) is 0 Å². The van der Waals surface area contributed by atoms with Crippen molar-refractivity contribution >= 4 is 39.6 Å². The van der Waals surface area contributed by atoms with Gasteiger partial charge in [-0.05, 0) is 11.4 Å². The minimum atomic E-state index is -0.436. The van der Waals surface area contributed by atoms with Gasteiger partial charge in [-0.25, -0.2) is 4.79 Å². The normalized spacial score (nSPS) is 15.2. The van der Waals surface area contributed by atoms with Crippen molar-refractivity contribution in [2.75, 3.05) is 45.3 Å². The Labute approximate surface area is 148 Å². The van der Waals surface area contributed by atoms with Gasteiger partial charge in [0.2, 0.25) is 0 Å². The van der Waals surface area contributed by atoms with E-state index in [9.17, 15) is 9.59 Å². The van der Waals surface area contributed by atoms with Crippen LogP contribution in [0.4, 0.5) is 5.00 Å². The summed E-state index contributed by atoms with van der Waals surface area (Å²) >= 11 is 2.90. The fraction of sp³-hybridized carbons (Fsp3) is 0.375. The quantitative estimate of drug-likeness (QED) is 0.777. The van der Waals surface area contributed by atoms with Crippen molar-refractivity contribution in [1.82, 2.24) is 0 Å². The van der Waals surface area contributed by atoms with Crippen LogP contribution in [0, 0.1) is 0 Å². The van der Waals surface area contributed by atoms with Crippen molar-refractivity contribution in [1.29, 1.82) is 0 Å². The lowest BCUT2D eigenvalue weighted by molar-refractivity contribution is -0.899. The largest absolute Gasteiger partial charge is 0.465 e. The number of hydrogen-bond donors (Lipinski definition) is 2. The molecule has 6 nitrogen and oxygen atoms in total. The number of esters is 1. The second-order valence-corrected chi connectivity index (χ2v) is 7.24. The maximum absolute atomic E-state index is 12.3. The Bertz CT molecular complexity index is 706. The van der Waals surface area contributed by atoms with E-state index in [0.29, 0.717) is 30.3 Å². The number of morpholine rings is 1. The number of carbonyl (C=O) groups is 2. The number of quaternary nitrogens is 1. The summed E-state index contributed by atoms with van der Waals surface area (Å²) in [5, 5.41) is 7.26. The van der Waals surface area contributed by atoms with Crippen LogP contribution in [0.2, 0.25) is 0 Å². The van der Waals surface area contributed by atoms with Crippen LogP contribution >= 0.6 is 22.7 Å². The van der Waals surface area contributed by atoms with Gasteiger partial charge in [-0.2, -0.15) is 0 Å². The lowest BCUT2D eigenvalue weighted by Crippen LogP contribution is -3.15. The van der Waals surface area contributed by atoms with Crippen molar-refractivity contribution in [2.45, 2.75) is 0 Å². The number of methoxy groups -OCH3 is 1. The van der Waals surface area contributed by atoms with E-state index in [1.165, 1.54) is 23.3 Å². The smallest absolute Gasteiger partial charge is 0.341 e. The molecule has 0 radical (unpaired) electrons. The number of hydrogen-bond acceptors (Lipinski definition) is 6. The van der Waals surface area contributed by atoms with E-state index in [1.54, 1.807) is 11.3 Å². The van der Waals surface area contributed by atoms with Crippen LogP contribution in [-0.4, -0.2) is 51.8 Å². The molecule has 2 aromatic heterocycles. The average molecular weight is 367 g/mol. The Balaban J connectivity index is 1.77. The standard InChI is InChI=1S/C16H18N2O4S2/c1-21-16(20)14-11(12-3-2-8-23-12)10-24-15(14)17-13(19)9-18-4-6-22-7-5-18/h2-3,8,10H,4-7,9H2,1H3,(H,17,19)/p+1. The van der Waals surface area contributed by atoms with E-state index in [4.69, 9.17) is 9.47 Å². The molecule has 2 N–H and O–H groups in total. The van der Waals surface area contributed by atoms with Crippen LogP contribution in [0.25, 0.3) is 10.4 Å². The van der Waals surface area contributed by atoms with Gasteiger partial charge in [0, 0.05) is 15.8 Å². The molecule has 1 aliphatic heterocycles. The Kier molecular flexibility index (Phi) is 5.62. The van der Waals surface area contributed by atoms with E-state index in [-0.39, 0.29) is 5.91 Å². The van der Waals surface area contributed by atoms with Crippen LogP contribution in [0.1, 0.15) is 10.4 Å². The molecule has 128 valence electrons. The van der Waals surface area contributed by atoms with Crippen LogP contribution in [-0.2, 0) is 14.3 Å². The molecule has 1 aliphatic rings. The van der Waals surface area contributed by atoms with Crippen LogP contribution < -0.4 is 10.2 Å². The zero-order valence-electron chi connectivity index (χ0n) is 13.3. The predicted molar refractivity (Wildman–Crippen MR) is 94.0 cm³/mol. The highest BCUT2D eigenvalue weighted by Crippen LogP contribution is 2.38. The van der Waals surface area contributed by atoms with E-state index < -0.39 is 5.97 Å². The summed E-state index contributed by atoms with van der Waals surface area (Å²) in [6.07, 6.45) is 0. The van der Waals surface area contributed by atoms with Crippen LogP contribution in [0.15, 0.2) is 22.9 Å². The van der Waals surface area contributed by atoms with Crippen molar-refractivity contribution in [3.8, 4) is 10.4 Å². The summed E-state index contributed by atoms with van der Waals surface area (Å²) in [7, 11) is 1.35. The van der Waals surface area contributed by atoms with Gasteiger partial charge in [0.1, 0.15) is 23.7 Å². The maximum atomic E-state index is 12.3. The molecule has 0 saturated carbocycles. The second kappa shape index (κ2) is 7.89. The highest BCUT2D eigenvalue weighted by Gasteiger charge is 2.24. The Morgan fingerprint density at radius 3 is 2.79 bits per heavy atom. The number of amides is 1. The first-order chi connectivity index (χ1) is 11.7. The molecule has 3 rings (SSSR count). The topological polar surface area (TPSA) is 69.1 Å². The number of thiophene rings is 2. The molecule has 3 heterocycles. The van der Waals surface area contributed by atoms with E-state index in [0.717, 1.165) is 23.5 Å². The molecule has 0 unspecified atom stereocenters. The first kappa shape index (κ1) is 17.1. The SMILES string of the molecule is COC(=O)c1c(-c2cccs2)csc1NC(=O)C[NH+]1CCOCC1. The van der Waals surface area contributed by atoms with Crippen molar-refractivity contribution in [3.63, 3.8) is 0 Å². The third kappa shape index (κ3) is 3.84. The molecule has 0 aliphatic carbocycles. The molecule has 0 spiro atoms. The summed E-state index contributed by atoms with van der Waals surface area (Å²) in [5.74, 6) is -0.537. The van der Waals surface area contributed by atoms with E-state index in [1.807, 2.05) is 22.9 Å². The zero-order valence-corrected chi connectivity index (χ0v) is 14.9. The minimum absolute atomic E-state index is 0.100. The van der Waals surface area contributed by atoms with Crippen molar-refractivity contribution < 1.29 is 24.0 Å². The number of carbonyl (C=O) groups excluding carboxylic acids is 2.